The maximum absolute atomic E-state index is 12.9. The van der Waals surface area contributed by atoms with E-state index in [4.69, 9.17) is 10.5 Å². The van der Waals surface area contributed by atoms with Gasteiger partial charge in [-0.05, 0) is 25.0 Å². The largest absolute Gasteiger partial charge is 0.462 e. The third kappa shape index (κ3) is 2.08. The summed E-state index contributed by atoms with van der Waals surface area (Å²) in [5.74, 6) is -0.775. The molecule has 0 spiro atoms. The highest BCUT2D eigenvalue weighted by atomic mass is 16.5. The zero-order chi connectivity index (χ0) is 17.6. The molecule has 7 nitrogen and oxygen atoms in total. The number of carbonyl (C=O) groups excluding carboxylic acids is 1. The minimum atomic E-state index is -0.645. The number of hydrogen-bond donors (Lipinski definition) is 1. The molecule has 2 N–H and O–H groups in total. The van der Waals surface area contributed by atoms with Gasteiger partial charge < -0.3 is 10.5 Å². The molecule has 2 heterocycles. The van der Waals surface area contributed by atoms with Crippen LogP contribution in [0.1, 0.15) is 26.8 Å². The van der Waals surface area contributed by atoms with Crippen molar-refractivity contribution >= 4 is 22.6 Å². The van der Waals surface area contributed by atoms with Crippen LogP contribution in [0, 0.1) is 5.92 Å². The Kier molecular flexibility index (Phi) is 3.79. The van der Waals surface area contributed by atoms with E-state index in [1.54, 1.807) is 31.2 Å². The first-order valence-corrected chi connectivity index (χ1v) is 7.83. The molecular weight excluding hydrogens is 310 g/mol. The summed E-state index contributed by atoms with van der Waals surface area (Å²) in [5.41, 5.74) is 5.47. The highest BCUT2D eigenvalue weighted by Crippen LogP contribution is 2.33. The van der Waals surface area contributed by atoms with E-state index >= 15 is 0 Å². The van der Waals surface area contributed by atoms with Gasteiger partial charge in [-0.1, -0.05) is 26.0 Å². The first-order valence-electron chi connectivity index (χ1n) is 7.83. The Morgan fingerprint density at radius 3 is 2.33 bits per heavy atom. The first-order chi connectivity index (χ1) is 11.4. The highest BCUT2D eigenvalue weighted by molar-refractivity contribution is 5.96. The first kappa shape index (κ1) is 16.0. The summed E-state index contributed by atoms with van der Waals surface area (Å²) in [4.78, 5) is 38.1. The molecule has 0 saturated carbocycles. The van der Waals surface area contributed by atoms with Crippen LogP contribution in [0.4, 0.5) is 0 Å². The number of ether oxygens (including phenoxy) is 1. The number of hydrogen-bond acceptors (Lipinski definition) is 5. The van der Waals surface area contributed by atoms with E-state index < -0.39 is 17.6 Å². The summed E-state index contributed by atoms with van der Waals surface area (Å²) in [7, 11) is 0. The summed E-state index contributed by atoms with van der Waals surface area (Å²) < 4.78 is 7.45. The summed E-state index contributed by atoms with van der Waals surface area (Å²) in [6, 6.07) is 5.91. The fourth-order valence-electron chi connectivity index (χ4n) is 3.20. The molecule has 2 aromatic rings. The van der Waals surface area contributed by atoms with Crippen LogP contribution in [0.3, 0.4) is 0 Å². The molecule has 1 unspecified atom stereocenters. The number of fused-ring (bicyclic) bond motifs is 2. The third-order valence-electron chi connectivity index (χ3n) is 4.19. The predicted octanol–water partition coefficient (Wildman–Crippen LogP) is 1.06. The average molecular weight is 329 g/mol. The van der Waals surface area contributed by atoms with Crippen molar-refractivity contribution in [3.05, 3.63) is 50.5 Å². The molecule has 0 fully saturated rings. The van der Waals surface area contributed by atoms with Crippen molar-refractivity contribution in [1.29, 1.82) is 0 Å². The van der Waals surface area contributed by atoms with Crippen molar-refractivity contribution in [2.24, 2.45) is 11.7 Å². The van der Waals surface area contributed by atoms with Crippen molar-refractivity contribution in [3.8, 4) is 0 Å². The monoisotopic (exact) mass is 329 g/mol. The van der Waals surface area contributed by atoms with Crippen molar-refractivity contribution in [2.75, 3.05) is 6.61 Å². The summed E-state index contributed by atoms with van der Waals surface area (Å²) in [5, 5.41) is 0.580. The van der Waals surface area contributed by atoms with Crippen LogP contribution in [0.15, 0.2) is 39.4 Å². The Morgan fingerprint density at radius 2 is 1.79 bits per heavy atom. The lowest BCUT2D eigenvalue weighted by molar-refractivity contribution is -0.139. The van der Waals surface area contributed by atoms with E-state index in [-0.39, 0.29) is 34.9 Å². The van der Waals surface area contributed by atoms with Gasteiger partial charge in [-0.25, -0.2) is 9.48 Å². The zero-order valence-electron chi connectivity index (χ0n) is 13.8. The van der Waals surface area contributed by atoms with E-state index in [0.29, 0.717) is 5.39 Å². The van der Waals surface area contributed by atoms with Gasteiger partial charge in [0.25, 0.3) is 11.1 Å². The lowest BCUT2D eigenvalue weighted by Crippen LogP contribution is -2.39. The molecule has 0 amide bonds. The predicted molar refractivity (Wildman–Crippen MR) is 90.4 cm³/mol. The molecule has 24 heavy (non-hydrogen) atoms. The molecule has 0 radical (unpaired) electrons. The van der Waals surface area contributed by atoms with Crippen molar-refractivity contribution in [1.82, 2.24) is 9.36 Å². The Bertz CT molecular complexity index is 981. The fraction of sp³-hybridized carbons (Fsp3) is 0.353. The van der Waals surface area contributed by atoms with Crippen LogP contribution in [0.2, 0.25) is 0 Å². The molecule has 1 aliphatic heterocycles. The second-order valence-electron chi connectivity index (χ2n) is 6.02. The number of benzene rings is 1. The average Bonchev–Trinajstić information content (AvgIpc) is 2.87. The number of rotatable bonds is 3. The van der Waals surface area contributed by atoms with Gasteiger partial charge in [-0.2, -0.15) is 4.68 Å². The van der Waals surface area contributed by atoms with Gasteiger partial charge in [0, 0.05) is 0 Å². The Balaban J connectivity index is 2.42. The minimum Gasteiger partial charge on any atom is -0.462 e. The van der Waals surface area contributed by atoms with Crippen LogP contribution in [-0.2, 0) is 9.53 Å². The smallest absolute Gasteiger partial charge is 0.339 e. The maximum atomic E-state index is 12.9. The number of carbonyl (C=O) groups is 1. The van der Waals surface area contributed by atoms with Crippen molar-refractivity contribution < 1.29 is 9.53 Å². The standard InChI is InChI=1S/C17H19N3O4/c1-4-24-17(23)12-13(9(2)3)19-15(21)10-7-5-6-8-11(10)16(22)20(19)14(12)18/h5-9,13H,4,18H2,1-3H3. The second kappa shape index (κ2) is 5.67. The molecular formula is C17H19N3O4. The molecule has 7 heteroatoms. The Labute approximate surface area is 137 Å². The van der Waals surface area contributed by atoms with Gasteiger partial charge in [0.2, 0.25) is 0 Å². The van der Waals surface area contributed by atoms with Gasteiger partial charge in [0.05, 0.1) is 23.4 Å². The lowest BCUT2D eigenvalue weighted by Gasteiger charge is -2.20. The molecule has 1 aromatic carbocycles. The SMILES string of the molecule is CCOC(=O)C1=C(N)n2c(=O)c3ccccc3c(=O)n2C1C(C)C. The van der Waals surface area contributed by atoms with E-state index in [9.17, 15) is 14.4 Å². The number of nitrogens with zero attached hydrogens (tertiary/aromatic N) is 2. The van der Waals surface area contributed by atoms with Gasteiger partial charge in [-0.3, -0.25) is 9.59 Å². The van der Waals surface area contributed by atoms with Crippen LogP contribution in [0.5, 0.6) is 0 Å². The summed E-state index contributed by atoms with van der Waals surface area (Å²) in [6.07, 6.45) is 0. The number of nitrogens with two attached hydrogens (primary N) is 1. The molecule has 1 atom stereocenters. The van der Waals surface area contributed by atoms with Gasteiger partial charge >= 0.3 is 5.97 Å². The van der Waals surface area contributed by atoms with E-state index in [2.05, 4.69) is 0 Å². The van der Waals surface area contributed by atoms with Crippen molar-refractivity contribution in [3.63, 3.8) is 0 Å². The lowest BCUT2D eigenvalue weighted by atomic mass is 9.97. The molecule has 0 saturated heterocycles. The summed E-state index contributed by atoms with van der Waals surface area (Å²) >= 11 is 0. The van der Waals surface area contributed by atoms with Crippen LogP contribution >= 0.6 is 0 Å². The van der Waals surface area contributed by atoms with Gasteiger partial charge in [-0.15, -0.1) is 0 Å². The second-order valence-corrected chi connectivity index (χ2v) is 6.02. The van der Waals surface area contributed by atoms with Gasteiger partial charge in [0.15, 0.2) is 0 Å². The fourth-order valence-corrected chi connectivity index (χ4v) is 3.20. The normalized spacial score (nSPS) is 16.8. The molecule has 3 rings (SSSR count). The molecule has 126 valence electrons. The number of aromatic nitrogens is 2. The van der Waals surface area contributed by atoms with Gasteiger partial charge in [0.1, 0.15) is 11.4 Å². The molecule has 0 bridgehead atoms. The minimum absolute atomic E-state index is 0.0417. The molecule has 0 aliphatic carbocycles. The summed E-state index contributed by atoms with van der Waals surface area (Å²) in [6.45, 7) is 5.59. The Hall–Kier alpha value is -2.83. The quantitative estimate of drug-likeness (QED) is 0.850. The van der Waals surface area contributed by atoms with Crippen LogP contribution in [-0.4, -0.2) is 21.9 Å². The maximum Gasteiger partial charge on any atom is 0.339 e. The molecule has 1 aromatic heterocycles. The van der Waals surface area contributed by atoms with Crippen molar-refractivity contribution in [2.45, 2.75) is 26.8 Å². The number of esters is 1. The van der Waals surface area contributed by atoms with Crippen LogP contribution in [0.25, 0.3) is 16.6 Å². The topological polar surface area (TPSA) is 96.3 Å². The molecule has 1 aliphatic rings. The van der Waals surface area contributed by atoms with E-state index in [1.165, 1.54) is 4.68 Å². The Morgan fingerprint density at radius 1 is 1.21 bits per heavy atom. The zero-order valence-corrected chi connectivity index (χ0v) is 13.8. The van der Waals surface area contributed by atoms with Crippen LogP contribution < -0.4 is 16.9 Å². The van der Waals surface area contributed by atoms with E-state index in [1.807, 2.05) is 13.8 Å². The highest BCUT2D eigenvalue weighted by Gasteiger charge is 2.39. The third-order valence-corrected chi connectivity index (χ3v) is 4.19. The van der Waals surface area contributed by atoms with E-state index in [0.717, 1.165) is 4.68 Å².